The summed E-state index contributed by atoms with van der Waals surface area (Å²) in [6, 6.07) is 11.5. The van der Waals surface area contributed by atoms with Crippen molar-refractivity contribution < 1.29 is 14.1 Å². The van der Waals surface area contributed by atoms with Crippen molar-refractivity contribution in [2.45, 2.75) is 64.0 Å². The zero-order valence-electron chi connectivity index (χ0n) is 19.5. The van der Waals surface area contributed by atoms with Gasteiger partial charge in [0.25, 0.3) is 0 Å². The van der Waals surface area contributed by atoms with Gasteiger partial charge in [-0.15, -0.1) is 0 Å². The fraction of sp³-hybridized carbons (Fsp3) is 0.480. The number of rotatable bonds is 4. The molecule has 2 atom stereocenters. The van der Waals surface area contributed by atoms with Crippen molar-refractivity contribution in [3.8, 4) is 12.1 Å². The van der Waals surface area contributed by atoms with Gasteiger partial charge in [-0.3, -0.25) is 0 Å². The lowest BCUT2D eigenvalue weighted by atomic mass is 9.68. The summed E-state index contributed by atoms with van der Waals surface area (Å²) < 4.78 is 13.5. The molecule has 2 fully saturated rings. The topological polar surface area (TPSA) is 121 Å². The monoisotopic (exact) mass is 458 g/mol. The molecule has 5 rings (SSSR count). The van der Waals surface area contributed by atoms with Crippen LogP contribution < -0.4 is 4.90 Å². The molecule has 0 bridgehead atoms. The van der Waals surface area contributed by atoms with Crippen molar-refractivity contribution >= 4 is 23.0 Å². The number of aromatic nitrogens is 3. The molecule has 1 aliphatic heterocycles. The molecular weight excluding hydrogens is 432 g/mol. The summed E-state index contributed by atoms with van der Waals surface area (Å²) in [6.07, 6.45) is 4.76. The Kier molecular flexibility index (Phi) is 4.91. The molecule has 1 saturated heterocycles. The number of nitriles is 2. The van der Waals surface area contributed by atoms with E-state index < -0.39 is 17.1 Å². The quantitative estimate of drug-likeness (QED) is 0.557. The molecule has 1 amide bonds. The van der Waals surface area contributed by atoms with Gasteiger partial charge >= 0.3 is 6.09 Å². The molecule has 2 aromatic heterocycles. The van der Waals surface area contributed by atoms with Crippen LogP contribution in [0.15, 0.2) is 35.1 Å². The minimum atomic E-state index is -0.814. The fourth-order valence-corrected chi connectivity index (χ4v) is 5.35. The number of hydrogen-bond donors (Lipinski definition) is 0. The van der Waals surface area contributed by atoms with Gasteiger partial charge in [-0.05, 0) is 63.1 Å². The first kappa shape index (κ1) is 22.0. The zero-order chi connectivity index (χ0) is 24.1. The lowest BCUT2D eigenvalue weighted by Gasteiger charge is -2.43. The van der Waals surface area contributed by atoms with Gasteiger partial charge in [0.2, 0.25) is 5.88 Å². The van der Waals surface area contributed by atoms with Crippen LogP contribution in [0.1, 0.15) is 57.7 Å². The molecule has 1 saturated carbocycles. The Morgan fingerprint density at radius 1 is 1.24 bits per heavy atom. The first-order chi connectivity index (χ1) is 16.2. The van der Waals surface area contributed by atoms with Gasteiger partial charge in [0, 0.05) is 12.6 Å². The van der Waals surface area contributed by atoms with Crippen LogP contribution >= 0.6 is 0 Å². The highest BCUT2D eigenvalue weighted by Gasteiger charge is 2.52. The van der Waals surface area contributed by atoms with Crippen LogP contribution in [-0.2, 0) is 16.7 Å². The molecule has 1 unspecified atom stereocenters. The molecule has 0 N–H and O–H groups in total. The van der Waals surface area contributed by atoms with E-state index in [4.69, 9.17) is 9.26 Å². The van der Waals surface area contributed by atoms with Crippen LogP contribution in [0.5, 0.6) is 0 Å². The molecule has 3 aromatic rings. The van der Waals surface area contributed by atoms with Crippen LogP contribution in [0.25, 0.3) is 11.0 Å². The van der Waals surface area contributed by atoms with Crippen molar-refractivity contribution in [1.82, 2.24) is 14.7 Å². The molecule has 1 spiro atoms. The van der Waals surface area contributed by atoms with Gasteiger partial charge < -0.3 is 13.8 Å². The third-order valence-corrected chi connectivity index (χ3v) is 7.12. The highest BCUT2D eigenvalue weighted by molar-refractivity contribution is 5.88. The molecule has 3 heterocycles. The predicted molar refractivity (Wildman–Crippen MR) is 123 cm³/mol. The van der Waals surface area contributed by atoms with E-state index in [1.54, 1.807) is 26.0 Å². The van der Waals surface area contributed by atoms with Crippen LogP contribution in [-0.4, -0.2) is 32.9 Å². The van der Waals surface area contributed by atoms with Crippen LogP contribution in [0.3, 0.4) is 0 Å². The van der Waals surface area contributed by atoms with E-state index in [1.165, 1.54) is 4.90 Å². The Morgan fingerprint density at radius 2 is 2.06 bits per heavy atom. The van der Waals surface area contributed by atoms with Crippen LogP contribution in [0.2, 0.25) is 0 Å². The van der Waals surface area contributed by atoms with E-state index in [9.17, 15) is 15.3 Å². The van der Waals surface area contributed by atoms with E-state index in [-0.39, 0.29) is 5.41 Å². The number of anilines is 1. The summed E-state index contributed by atoms with van der Waals surface area (Å²) in [5.74, 6) is 0.303. The number of ether oxygens (including phenoxy) is 1. The maximum Gasteiger partial charge on any atom is 0.417 e. The van der Waals surface area contributed by atoms with E-state index in [1.807, 2.05) is 18.5 Å². The second-order valence-electron chi connectivity index (χ2n) is 10.5. The molecule has 1 aliphatic carbocycles. The summed E-state index contributed by atoms with van der Waals surface area (Å²) >= 11 is 0. The third kappa shape index (κ3) is 3.67. The van der Waals surface area contributed by atoms with E-state index >= 15 is 0 Å². The number of imidazole rings is 1. The average molecular weight is 459 g/mol. The zero-order valence-corrected chi connectivity index (χ0v) is 19.5. The van der Waals surface area contributed by atoms with Gasteiger partial charge in [-0.2, -0.15) is 10.5 Å². The third-order valence-electron chi connectivity index (χ3n) is 7.12. The van der Waals surface area contributed by atoms with E-state index in [0.29, 0.717) is 36.7 Å². The Balaban J connectivity index is 1.37. The molecule has 0 radical (unpaired) electrons. The maximum atomic E-state index is 12.9. The Hall–Kier alpha value is -3.85. The second-order valence-corrected chi connectivity index (χ2v) is 10.5. The van der Waals surface area contributed by atoms with Crippen molar-refractivity contribution in [1.29, 1.82) is 10.5 Å². The van der Waals surface area contributed by atoms with Crippen LogP contribution in [0.4, 0.5) is 10.7 Å². The Bertz CT molecular complexity index is 1360. The lowest BCUT2D eigenvalue weighted by molar-refractivity contribution is -0.0264. The number of benzene rings is 1. The Labute approximate surface area is 197 Å². The molecule has 2 aliphatic rings. The maximum absolute atomic E-state index is 12.9. The lowest BCUT2D eigenvalue weighted by Crippen LogP contribution is -2.45. The standard InChI is InChI=1S/C25H26N6O3/c1-23(2,13-27)20-10-21(34-29-20)31-15-25(33-22(31)32)8-4-7-24(3,12-25)14-30-16-28-18-6-5-17(11-26)9-19(18)30/h5-6,9-10,16H,4,7-8,12,14-15H2,1-3H3/t24?,25-/m0/s1. The van der Waals surface area contributed by atoms with Crippen molar-refractivity contribution in [3.05, 3.63) is 41.9 Å². The van der Waals surface area contributed by atoms with Gasteiger partial charge in [-0.1, -0.05) is 12.1 Å². The van der Waals surface area contributed by atoms with Gasteiger partial charge in [0.05, 0.1) is 47.0 Å². The molecule has 34 heavy (non-hydrogen) atoms. The fourth-order valence-electron chi connectivity index (χ4n) is 5.35. The number of carbonyl (C=O) groups is 1. The van der Waals surface area contributed by atoms with Gasteiger partial charge in [0.1, 0.15) is 11.3 Å². The van der Waals surface area contributed by atoms with E-state index in [0.717, 1.165) is 30.3 Å². The Morgan fingerprint density at radius 3 is 2.82 bits per heavy atom. The van der Waals surface area contributed by atoms with Crippen molar-refractivity contribution in [2.75, 3.05) is 11.4 Å². The van der Waals surface area contributed by atoms with E-state index in [2.05, 4.69) is 33.8 Å². The highest BCUT2D eigenvalue weighted by Crippen LogP contribution is 2.48. The first-order valence-corrected chi connectivity index (χ1v) is 11.4. The normalized spacial score (nSPS) is 24.9. The predicted octanol–water partition coefficient (Wildman–Crippen LogP) is 4.67. The summed E-state index contributed by atoms with van der Waals surface area (Å²) in [7, 11) is 0. The molecule has 1 aromatic carbocycles. The number of carbonyl (C=O) groups excluding carboxylic acids is 1. The van der Waals surface area contributed by atoms with Crippen molar-refractivity contribution in [3.63, 3.8) is 0 Å². The molecule has 9 heteroatoms. The second kappa shape index (κ2) is 7.59. The minimum Gasteiger partial charge on any atom is -0.441 e. The molecular formula is C25H26N6O3. The molecule has 174 valence electrons. The number of amides is 1. The van der Waals surface area contributed by atoms with Gasteiger partial charge in [-0.25, -0.2) is 14.7 Å². The first-order valence-electron chi connectivity index (χ1n) is 11.4. The highest BCUT2D eigenvalue weighted by atomic mass is 16.6. The molecule has 9 nitrogen and oxygen atoms in total. The average Bonchev–Trinajstić information content (AvgIpc) is 3.51. The summed E-state index contributed by atoms with van der Waals surface area (Å²) in [5, 5.41) is 22.7. The van der Waals surface area contributed by atoms with Gasteiger partial charge in [0.15, 0.2) is 0 Å². The number of fused-ring (bicyclic) bond motifs is 1. The number of nitrogens with zero attached hydrogens (tertiary/aromatic N) is 6. The summed E-state index contributed by atoms with van der Waals surface area (Å²) in [5.41, 5.74) is 1.32. The summed E-state index contributed by atoms with van der Waals surface area (Å²) in [4.78, 5) is 18.8. The summed E-state index contributed by atoms with van der Waals surface area (Å²) in [6.45, 7) is 6.81. The SMILES string of the molecule is CC1(Cn2cnc3ccc(C#N)cc32)CCC[C@@]2(CN(c3cc(C(C)(C)C#N)no3)C(=O)O2)C1. The number of hydrogen-bond acceptors (Lipinski definition) is 7. The smallest absolute Gasteiger partial charge is 0.417 e. The minimum absolute atomic E-state index is 0.125. The largest absolute Gasteiger partial charge is 0.441 e. The van der Waals surface area contributed by atoms with Crippen molar-refractivity contribution in [2.24, 2.45) is 5.41 Å². The van der Waals surface area contributed by atoms with Crippen LogP contribution in [0, 0.1) is 28.1 Å².